The molecule has 0 aromatic heterocycles. The Hall–Kier alpha value is -2.29. The molecule has 0 amide bonds. The van der Waals surface area contributed by atoms with E-state index in [0.717, 1.165) is 11.3 Å². The first kappa shape index (κ1) is 14.6. The molecule has 0 saturated heterocycles. The van der Waals surface area contributed by atoms with Crippen LogP contribution < -0.4 is 10.7 Å². The number of aryl methyl sites for hydroxylation is 3. The summed E-state index contributed by atoms with van der Waals surface area (Å²) < 4.78 is 13.1. The van der Waals surface area contributed by atoms with Gasteiger partial charge < -0.3 is 5.23 Å². The number of hydrogen-bond acceptors (Lipinski definition) is 1. The Bertz CT molecular complexity index is 736. The summed E-state index contributed by atoms with van der Waals surface area (Å²) in [5.74, 6) is 1.95. The molecule has 1 N–H and O–H groups in total. The fourth-order valence-electron chi connectivity index (χ4n) is 3.19. The fraction of sp³-hybridized carbons (Fsp3) is 0.158. The van der Waals surface area contributed by atoms with Gasteiger partial charge in [-0.2, -0.15) is 0 Å². The highest BCUT2D eigenvalue weighted by Crippen LogP contribution is 2.17. The van der Waals surface area contributed by atoms with Crippen molar-refractivity contribution < 1.29 is 4.39 Å². The molecule has 110 valence electrons. The molecule has 0 aliphatic carbocycles. The lowest BCUT2D eigenvalue weighted by Crippen LogP contribution is -2.46. The van der Waals surface area contributed by atoms with E-state index in [9.17, 15) is 4.39 Å². The Morgan fingerprint density at radius 2 is 1.59 bits per heavy atom. The van der Waals surface area contributed by atoms with Crippen molar-refractivity contribution >= 4 is 18.0 Å². The van der Waals surface area contributed by atoms with Crippen molar-refractivity contribution in [3.05, 3.63) is 82.6 Å². The first-order valence-electron chi connectivity index (χ1n) is 7.53. The molecule has 1 nitrogen and oxygen atoms in total. The number of nitrogens with one attached hydrogen (secondary N) is 1. The highest BCUT2D eigenvalue weighted by Gasteiger charge is 2.22. The maximum Gasteiger partial charge on any atom is 0.313 e. The molecule has 0 radical (unpaired) electrons. The molecule has 0 saturated carbocycles. The Kier molecular flexibility index (Phi) is 3.89. The van der Waals surface area contributed by atoms with Crippen molar-refractivity contribution in [2.75, 3.05) is 0 Å². The summed E-state index contributed by atoms with van der Waals surface area (Å²) in [5.41, 5.74) is 7.20. The van der Waals surface area contributed by atoms with Crippen LogP contribution in [-0.2, 0) is 0 Å². The lowest BCUT2D eigenvalue weighted by molar-refractivity contribution is 0.627. The average Bonchev–Trinajstić information content (AvgIpc) is 2.47. The van der Waals surface area contributed by atoms with Gasteiger partial charge in [0.1, 0.15) is 5.82 Å². The molecule has 0 fully saturated rings. The molecule has 0 bridgehead atoms. The second-order valence-electron chi connectivity index (χ2n) is 5.91. The van der Waals surface area contributed by atoms with Crippen molar-refractivity contribution in [1.82, 2.24) is 5.23 Å². The fourth-order valence-corrected chi connectivity index (χ4v) is 3.19. The van der Waals surface area contributed by atoms with Crippen molar-refractivity contribution in [2.45, 2.75) is 20.8 Å². The molecule has 0 unspecified atom stereocenters. The zero-order valence-electron chi connectivity index (χ0n) is 13.2. The van der Waals surface area contributed by atoms with Gasteiger partial charge in [-0.05, 0) is 50.0 Å². The van der Waals surface area contributed by atoms with Crippen LogP contribution in [0.25, 0.3) is 5.70 Å². The van der Waals surface area contributed by atoms with Gasteiger partial charge in [0, 0.05) is 5.70 Å². The second kappa shape index (κ2) is 5.84. The van der Waals surface area contributed by atoms with Gasteiger partial charge in [0.15, 0.2) is 0 Å². The lowest BCUT2D eigenvalue weighted by Gasteiger charge is -2.23. The Balaban J connectivity index is 1.92. The van der Waals surface area contributed by atoms with Crippen LogP contribution in [0.3, 0.4) is 0 Å². The summed E-state index contributed by atoms with van der Waals surface area (Å²) in [4.78, 5) is 0. The Morgan fingerprint density at radius 3 is 2.23 bits per heavy atom. The standard InChI is InChI=1S/C19H19BFN/c1-13-11-14(2)19(15(3)12-13)20-10-4-5-18(22-20)16-6-8-17(21)9-7-16/h4-12,22H,1-3H3. The summed E-state index contributed by atoms with van der Waals surface area (Å²) in [7, 11) is 0. The number of rotatable bonds is 2. The molecule has 1 aliphatic rings. The van der Waals surface area contributed by atoms with E-state index < -0.39 is 0 Å². The average molecular weight is 291 g/mol. The number of halogens is 1. The van der Waals surface area contributed by atoms with Crippen LogP contribution in [0.15, 0.2) is 54.5 Å². The van der Waals surface area contributed by atoms with Crippen LogP contribution >= 0.6 is 0 Å². The molecule has 1 heterocycles. The summed E-state index contributed by atoms with van der Waals surface area (Å²) in [6.07, 6.45) is 4.10. The summed E-state index contributed by atoms with van der Waals surface area (Å²) in [6, 6.07) is 11.0. The summed E-state index contributed by atoms with van der Waals surface area (Å²) in [6.45, 7) is 6.57. The van der Waals surface area contributed by atoms with Crippen molar-refractivity contribution in [1.29, 1.82) is 0 Å². The molecule has 0 atom stereocenters. The maximum atomic E-state index is 13.1. The molecule has 3 heteroatoms. The number of allylic oxidation sites excluding steroid dienone is 2. The van der Waals surface area contributed by atoms with Gasteiger partial charge in [0.25, 0.3) is 0 Å². The van der Waals surface area contributed by atoms with Crippen molar-refractivity contribution in [3.8, 4) is 0 Å². The highest BCUT2D eigenvalue weighted by molar-refractivity contribution is 6.77. The van der Waals surface area contributed by atoms with Crippen LogP contribution in [0, 0.1) is 26.6 Å². The molecular formula is C19H19BFN. The van der Waals surface area contributed by atoms with E-state index in [4.69, 9.17) is 0 Å². The van der Waals surface area contributed by atoms with Gasteiger partial charge in [-0.1, -0.05) is 53.0 Å². The van der Waals surface area contributed by atoms with Crippen LogP contribution in [0.5, 0.6) is 0 Å². The van der Waals surface area contributed by atoms with Gasteiger partial charge in [-0.3, -0.25) is 0 Å². The molecular weight excluding hydrogens is 272 g/mol. The van der Waals surface area contributed by atoms with E-state index in [1.807, 2.05) is 6.08 Å². The first-order chi connectivity index (χ1) is 10.5. The van der Waals surface area contributed by atoms with E-state index in [1.54, 1.807) is 12.1 Å². The second-order valence-corrected chi connectivity index (χ2v) is 5.91. The number of hydrogen-bond donors (Lipinski definition) is 1. The van der Waals surface area contributed by atoms with E-state index in [2.05, 4.69) is 50.2 Å². The van der Waals surface area contributed by atoms with Gasteiger partial charge in [-0.15, -0.1) is 0 Å². The van der Waals surface area contributed by atoms with Gasteiger partial charge >= 0.3 is 6.85 Å². The van der Waals surface area contributed by atoms with Crippen LogP contribution in [0.1, 0.15) is 22.3 Å². The predicted molar refractivity (Wildman–Crippen MR) is 92.7 cm³/mol. The molecule has 3 rings (SSSR count). The first-order valence-corrected chi connectivity index (χ1v) is 7.53. The Labute approximate surface area is 131 Å². The summed E-state index contributed by atoms with van der Waals surface area (Å²) in [5, 5.41) is 3.56. The molecule has 0 spiro atoms. The zero-order valence-corrected chi connectivity index (χ0v) is 13.2. The van der Waals surface area contributed by atoms with Crippen molar-refractivity contribution in [2.24, 2.45) is 0 Å². The maximum absolute atomic E-state index is 13.1. The largest absolute Gasteiger partial charge is 0.420 e. The minimum Gasteiger partial charge on any atom is -0.420 e. The van der Waals surface area contributed by atoms with Crippen molar-refractivity contribution in [3.63, 3.8) is 0 Å². The lowest BCUT2D eigenvalue weighted by atomic mass is 9.52. The third-order valence-corrected chi connectivity index (χ3v) is 4.08. The van der Waals surface area contributed by atoms with E-state index in [1.165, 1.54) is 34.3 Å². The molecule has 1 aliphatic heterocycles. The Morgan fingerprint density at radius 1 is 0.955 bits per heavy atom. The van der Waals surface area contributed by atoms with E-state index in [0.29, 0.717) is 0 Å². The van der Waals surface area contributed by atoms with Crippen LogP contribution in [-0.4, -0.2) is 6.85 Å². The smallest absolute Gasteiger partial charge is 0.313 e. The highest BCUT2D eigenvalue weighted by atomic mass is 19.1. The number of benzene rings is 2. The quantitative estimate of drug-likeness (QED) is 0.832. The summed E-state index contributed by atoms with van der Waals surface area (Å²) >= 11 is 0. The van der Waals surface area contributed by atoms with Gasteiger partial charge in [0.2, 0.25) is 0 Å². The van der Waals surface area contributed by atoms with Gasteiger partial charge in [-0.25, -0.2) is 4.39 Å². The molecule has 2 aromatic rings. The SMILES string of the molecule is Cc1cc(C)c(B2C=CC=C(c3ccc(F)cc3)N2)c(C)c1. The van der Waals surface area contributed by atoms with E-state index in [-0.39, 0.29) is 12.7 Å². The minimum absolute atomic E-state index is 0.144. The van der Waals surface area contributed by atoms with Crippen LogP contribution in [0.2, 0.25) is 0 Å². The zero-order chi connectivity index (χ0) is 15.7. The monoisotopic (exact) mass is 291 g/mol. The van der Waals surface area contributed by atoms with Gasteiger partial charge in [0.05, 0.1) is 0 Å². The third kappa shape index (κ3) is 2.84. The molecule has 22 heavy (non-hydrogen) atoms. The van der Waals surface area contributed by atoms with E-state index >= 15 is 0 Å². The normalized spacial score (nSPS) is 13.8. The van der Waals surface area contributed by atoms with Crippen LogP contribution in [0.4, 0.5) is 4.39 Å². The topological polar surface area (TPSA) is 12.0 Å². The molecule has 2 aromatic carbocycles. The predicted octanol–water partition coefficient (Wildman–Crippen LogP) is 3.69. The minimum atomic E-state index is -0.211. The third-order valence-electron chi connectivity index (χ3n) is 4.08.